The number of sulfonamides is 1. The van der Waals surface area contributed by atoms with E-state index in [1.807, 2.05) is 19.1 Å². The number of rotatable bonds is 6. The molecule has 1 aliphatic rings. The predicted molar refractivity (Wildman–Crippen MR) is 147 cm³/mol. The molecule has 2 aromatic heterocycles. The van der Waals surface area contributed by atoms with Crippen molar-refractivity contribution in [1.82, 2.24) is 24.5 Å². The quantitative estimate of drug-likeness (QED) is 0.384. The molecule has 0 bridgehead atoms. The molecule has 1 fully saturated rings. The van der Waals surface area contributed by atoms with Crippen molar-refractivity contribution in [3.63, 3.8) is 0 Å². The third kappa shape index (κ3) is 5.74. The Morgan fingerprint density at radius 1 is 0.923 bits per heavy atom. The SMILES string of the molecule is Cc1ccc(NC(=O)N2CCN(S(=O)(=O)c3cccc4cccnc34)C(C(=O)NCc3ccccn3)C2)cc1. The number of carbonyl (C=O) groups is 2. The van der Waals surface area contributed by atoms with Gasteiger partial charge in [-0.05, 0) is 43.3 Å². The first-order valence-corrected chi connectivity index (χ1v) is 13.9. The second-order valence-corrected chi connectivity index (χ2v) is 11.1. The summed E-state index contributed by atoms with van der Waals surface area (Å²) in [6.07, 6.45) is 3.15. The predicted octanol–water partition coefficient (Wildman–Crippen LogP) is 3.16. The van der Waals surface area contributed by atoms with Crippen LogP contribution in [0.3, 0.4) is 0 Å². The summed E-state index contributed by atoms with van der Waals surface area (Å²) in [6.45, 7) is 2.00. The van der Waals surface area contributed by atoms with Crippen molar-refractivity contribution in [3.05, 3.63) is 96.4 Å². The van der Waals surface area contributed by atoms with Crippen LogP contribution in [0.25, 0.3) is 10.9 Å². The van der Waals surface area contributed by atoms with Crippen molar-refractivity contribution in [2.75, 3.05) is 25.0 Å². The minimum atomic E-state index is -4.14. The molecule has 0 aliphatic carbocycles. The normalized spacial score (nSPS) is 16.1. The highest BCUT2D eigenvalue weighted by Crippen LogP contribution is 2.27. The summed E-state index contributed by atoms with van der Waals surface area (Å²) >= 11 is 0. The van der Waals surface area contributed by atoms with E-state index in [-0.39, 0.29) is 31.1 Å². The summed E-state index contributed by atoms with van der Waals surface area (Å²) in [5.41, 5.74) is 2.62. The van der Waals surface area contributed by atoms with Gasteiger partial charge in [-0.15, -0.1) is 0 Å². The number of fused-ring (bicyclic) bond motifs is 1. The van der Waals surface area contributed by atoms with Crippen molar-refractivity contribution >= 4 is 38.6 Å². The molecule has 3 heterocycles. The van der Waals surface area contributed by atoms with Crippen molar-refractivity contribution in [2.45, 2.75) is 24.4 Å². The number of hydrogen-bond acceptors (Lipinski definition) is 6. The van der Waals surface area contributed by atoms with Gasteiger partial charge >= 0.3 is 6.03 Å². The summed E-state index contributed by atoms with van der Waals surface area (Å²) in [5, 5.41) is 6.30. The molecule has 5 rings (SSSR count). The van der Waals surface area contributed by atoms with E-state index in [2.05, 4.69) is 20.6 Å². The molecule has 1 saturated heterocycles. The van der Waals surface area contributed by atoms with Crippen LogP contribution in [-0.2, 0) is 21.4 Å². The first kappa shape index (κ1) is 26.3. The van der Waals surface area contributed by atoms with E-state index >= 15 is 0 Å². The van der Waals surface area contributed by atoms with Crippen LogP contribution in [0.5, 0.6) is 0 Å². The number of carbonyl (C=O) groups excluding carboxylic acids is 2. The number of nitrogens with one attached hydrogen (secondary N) is 2. The Morgan fingerprint density at radius 2 is 1.69 bits per heavy atom. The fourth-order valence-corrected chi connectivity index (χ4v) is 6.24. The van der Waals surface area contributed by atoms with Gasteiger partial charge in [-0.3, -0.25) is 14.8 Å². The second-order valence-electron chi connectivity index (χ2n) is 9.24. The van der Waals surface area contributed by atoms with Crippen LogP contribution in [0.1, 0.15) is 11.3 Å². The van der Waals surface area contributed by atoms with Gasteiger partial charge in [0.15, 0.2) is 0 Å². The number of piperazine rings is 1. The van der Waals surface area contributed by atoms with Crippen LogP contribution in [0.15, 0.2) is 90.1 Å². The molecule has 0 spiro atoms. The van der Waals surface area contributed by atoms with Crippen LogP contribution >= 0.6 is 0 Å². The highest BCUT2D eigenvalue weighted by molar-refractivity contribution is 7.89. The molecule has 1 unspecified atom stereocenters. The molecular weight excluding hydrogens is 516 g/mol. The molecule has 11 heteroatoms. The maximum atomic E-state index is 14.0. The number of nitrogens with zero attached hydrogens (tertiary/aromatic N) is 4. The van der Waals surface area contributed by atoms with E-state index in [4.69, 9.17) is 0 Å². The van der Waals surface area contributed by atoms with E-state index < -0.39 is 28.0 Å². The summed E-state index contributed by atoms with van der Waals surface area (Å²) < 4.78 is 29.1. The fraction of sp³-hybridized carbons (Fsp3) is 0.214. The summed E-state index contributed by atoms with van der Waals surface area (Å²) in [7, 11) is -4.14. The van der Waals surface area contributed by atoms with Gasteiger partial charge in [-0.1, -0.05) is 42.0 Å². The average Bonchev–Trinajstić information content (AvgIpc) is 2.97. The molecule has 1 atom stereocenters. The molecule has 200 valence electrons. The van der Waals surface area contributed by atoms with E-state index in [9.17, 15) is 18.0 Å². The van der Waals surface area contributed by atoms with Gasteiger partial charge in [-0.25, -0.2) is 13.2 Å². The first-order chi connectivity index (χ1) is 18.8. The van der Waals surface area contributed by atoms with Crippen LogP contribution in [0.4, 0.5) is 10.5 Å². The van der Waals surface area contributed by atoms with E-state index in [0.29, 0.717) is 22.3 Å². The topological polar surface area (TPSA) is 125 Å². The van der Waals surface area contributed by atoms with Crippen molar-refractivity contribution < 1.29 is 18.0 Å². The monoisotopic (exact) mass is 544 g/mol. The van der Waals surface area contributed by atoms with Crippen LogP contribution in [0.2, 0.25) is 0 Å². The summed E-state index contributed by atoms with van der Waals surface area (Å²) in [5.74, 6) is -0.523. The minimum Gasteiger partial charge on any atom is -0.349 e. The summed E-state index contributed by atoms with van der Waals surface area (Å²) in [4.78, 5) is 36.5. The Labute approximate surface area is 226 Å². The number of pyridine rings is 2. The van der Waals surface area contributed by atoms with Crippen molar-refractivity contribution in [3.8, 4) is 0 Å². The number of amides is 3. The molecular formula is C28H28N6O4S. The largest absolute Gasteiger partial charge is 0.349 e. The maximum absolute atomic E-state index is 14.0. The van der Waals surface area contributed by atoms with E-state index in [1.54, 1.807) is 60.8 Å². The first-order valence-electron chi connectivity index (χ1n) is 12.5. The smallest absolute Gasteiger partial charge is 0.321 e. The zero-order chi connectivity index (χ0) is 27.4. The third-order valence-electron chi connectivity index (χ3n) is 6.58. The highest BCUT2D eigenvalue weighted by Gasteiger charge is 2.42. The lowest BCUT2D eigenvalue weighted by Crippen LogP contribution is -2.61. The maximum Gasteiger partial charge on any atom is 0.321 e. The molecule has 2 N–H and O–H groups in total. The average molecular weight is 545 g/mol. The lowest BCUT2D eigenvalue weighted by atomic mass is 10.2. The fourth-order valence-electron chi connectivity index (χ4n) is 4.50. The number of para-hydroxylation sites is 1. The van der Waals surface area contributed by atoms with Gasteiger partial charge in [0.1, 0.15) is 10.9 Å². The van der Waals surface area contributed by atoms with Gasteiger partial charge in [0, 0.05) is 43.1 Å². The number of aromatic nitrogens is 2. The molecule has 3 amide bonds. The number of urea groups is 1. The zero-order valence-electron chi connectivity index (χ0n) is 21.3. The van der Waals surface area contributed by atoms with Gasteiger partial charge in [-0.2, -0.15) is 4.31 Å². The van der Waals surface area contributed by atoms with Crippen molar-refractivity contribution in [2.24, 2.45) is 0 Å². The highest BCUT2D eigenvalue weighted by atomic mass is 32.2. The standard InChI is InChI=1S/C28H28N6O4S/c1-20-10-12-22(13-11-20)32-28(36)33-16-17-34(24(19-33)27(35)31-18-23-8-2-3-14-29-23)39(37,38)25-9-4-6-21-7-5-15-30-26(21)25/h2-15,24H,16-19H2,1H3,(H,31,35)(H,32,36). The Hall–Kier alpha value is -4.35. The molecule has 2 aromatic carbocycles. The second kappa shape index (κ2) is 11.2. The molecule has 39 heavy (non-hydrogen) atoms. The third-order valence-corrected chi connectivity index (χ3v) is 8.52. The van der Waals surface area contributed by atoms with Gasteiger partial charge in [0.05, 0.1) is 17.8 Å². The van der Waals surface area contributed by atoms with Gasteiger partial charge in [0.25, 0.3) is 0 Å². The molecule has 1 aliphatic heterocycles. The molecule has 10 nitrogen and oxygen atoms in total. The number of benzene rings is 2. The molecule has 4 aromatic rings. The Kier molecular flexibility index (Phi) is 7.53. The van der Waals surface area contributed by atoms with Crippen LogP contribution in [0, 0.1) is 6.92 Å². The minimum absolute atomic E-state index is 0.0145. The molecule has 0 radical (unpaired) electrons. The number of aryl methyl sites for hydroxylation is 1. The van der Waals surface area contributed by atoms with E-state index in [0.717, 1.165) is 5.56 Å². The van der Waals surface area contributed by atoms with Crippen LogP contribution in [-0.4, -0.2) is 65.2 Å². The van der Waals surface area contributed by atoms with E-state index in [1.165, 1.54) is 21.5 Å². The zero-order valence-corrected chi connectivity index (χ0v) is 22.1. The molecule has 0 saturated carbocycles. The number of anilines is 1. The van der Waals surface area contributed by atoms with Crippen LogP contribution < -0.4 is 10.6 Å². The lowest BCUT2D eigenvalue weighted by molar-refractivity contribution is -0.126. The number of hydrogen-bond donors (Lipinski definition) is 2. The Bertz CT molecular complexity index is 1590. The van der Waals surface area contributed by atoms with Crippen molar-refractivity contribution in [1.29, 1.82) is 0 Å². The van der Waals surface area contributed by atoms with Gasteiger partial charge in [0.2, 0.25) is 15.9 Å². The Balaban J connectivity index is 1.42. The summed E-state index contributed by atoms with van der Waals surface area (Å²) in [6, 6.07) is 19.5. The van der Waals surface area contributed by atoms with Gasteiger partial charge < -0.3 is 15.5 Å². The Morgan fingerprint density at radius 3 is 2.46 bits per heavy atom. The lowest BCUT2D eigenvalue weighted by Gasteiger charge is -2.39.